The molecule has 0 heterocycles. The minimum Gasteiger partial charge on any atom is -0.370 e. The summed E-state index contributed by atoms with van der Waals surface area (Å²) in [7, 11) is 0. The fraction of sp³-hybridized carbons (Fsp3) is 0.188. The van der Waals surface area contributed by atoms with Crippen molar-refractivity contribution in [3.05, 3.63) is 63.6 Å². The molecule has 0 amide bonds. The van der Waals surface area contributed by atoms with Crippen molar-refractivity contribution in [2.45, 2.75) is 20.4 Å². The number of nitrogens with two attached hydrogens (primary N) is 1. The SMILES string of the molecule is Cc1ccc(NC(N)=NCc2ccc(Br)cc2C)cc1. The number of halogens is 1. The largest absolute Gasteiger partial charge is 0.370 e. The summed E-state index contributed by atoms with van der Waals surface area (Å²) in [6, 6.07) is 14.2. The van der Waals surface area contributed by atoms with Crippen LogP contribution in [-0.2, 0) is 6.54 Å². The summed E-state index contributed by atoms with van der Waals surface area (Å²) in [4.78, 5) is 4.37. The molecule has 0 aliphatic rings. The molecule has 0 radical (unpaired) electrons. The molecule has 0 aromatic heterocycles. The molecule has 0 saturated heterocycles. The summed E-state index contributed by atoms with van der Waals surface area (Å²) < 4.78 is 1.08. The number of anilines is 1. The van der Waals surface area contributed by atoms with Crippen LogP contribution < -0.4 is 11.1 Å². The maximum absolute atomic E-state index is 5.90. The lowest BCUT2D eigenvalue weighted by molar-refractivity contribution is 1.04. The Hall–Kier alpha value is -1.81. The molecule has 0 saturated carbocycles. The number of hydrogen-bond acceptors (Lipinski definition) is 1. The first-order valence-corrected chi connectivity index (χ1v) is 7.22. The Labute approximate surface area is 128 Å². The Morgan fingerprint density at radius 3 is 2.50 bits per heavy atom. The van der Waals surface area contributed by atoms with Gasteiger partial charge in [-0.3, -0.25) is 0 Å². The highest BCUT2D eigenvalue weighted by Gasteiger charge is 1.99. The van der Waals surface area contributed by atoms with Gasteiger partial charge in [0.05, 0.1) is 6.54 Å². The average Bonchev–Trinajstić information content (AvgIpc) is 2.40. The van der Waals surface area contributed by atoms with Gasteiger partial charge in [0.2, 0.25) is 0 Å². The van der Waals surface area contributed by atoms with Gasteiger partial charge in [-0.2, -0.15) is 0 Å². The first-order valence-electron chi connectivity index (χ1n) is 6.43. The highest BCUT2D eigenvalue weighted by Crippen LogP contribution is 2.16. The van der Waals surface area contributed by atoms with Crippen molar-refractivity contribution in [2.75, 3.05) is 5.32 Å². The normalized spacial score (nSPS) is 11.4. The summed E-state index contributed by atoms with van der Waals surface area (Å²) in [5.74, 6) is 0.427. The second-order valence-corrected chi connectivity index (χ2v) is 5.68. The third-order valence-electron chi connectivity index (χ3n) is 3.05. The smallest absolute Gasteiger partial charge is 0.193 e. The zero-order chi connectivity index (χ0) is 14.5. The van der Waals surface area contributed by atoms with E-state index >= 15 is 0 Å². The van der Waals surface area contributed by atoms with Gasteiger partial charge in [0.25, 0.3) is 0 Å². The van der Waals surface area contributed by atoms with Crippen molar-refractivity contribution < 1.29 is 0 Å². The van der Waals surface area contributed by atoms with Crippen molar-refractivity contribution in [1.82, 2.24) is 0 Å². The third-order valence-corrected chi connectivity index (χ3v) is 3.54. The van der Waals surface area contributed by atoms with E-state index in [0.717, 1.165) is 10.2 Å². The molecule has 0 bridgehead atoms. The minimum absolute atomic E-state index is 0.427. The molecular formula is C16H18BrN3. The first kappa shape index (κ1) is 14.6. The second kappa shape index (κ2) is 6.57. The van der Waals surface area contributed by atoms with Crippen LogP contribution in [0.25, 0.3) is 0 Å². The number of guanidine groups is 1. The lowest BCUT2D eigenvalue weighted by Crippen LogP contribution is -2.22. The Bertz CT molecular complexity index is 618. The quantitative estimate of drug-likeness (QED) is 0.659. The second-order valence-electron chi connectivity index (χ2n) is 4.76. The van der Waals surface area contributed by atoms with Gasteiger partial charge < -0.3 is 11.1 Å². The van der Waals surface area contributed by atoms with E-state index in [1.54, 1.807) is 0 Å². The molecule has 0 unspecified atom stereocenters. The predicted octanol–water partition coefficient (Wildman–Crippen LogP) is 3.99. The summed E-state index contributed by atoms with van der Waals surface area (Å²) in [5, 5.41) is 3.09. The van der Waals surface area contributed by atoms with Gasteiger partial charge in [0, 0.05) is 10.2 Å². The van der Waals surface area contributed by atoms with Crippen LogP contribution in [-0.4, -0.2) is 5.96 Å². The van der Waals surface area contributed by atoms with E-state index in [1.165, 1.54) is 16.7 Å². The molecule has 2 rings (SSSR count). The van der Waals surface area contributed by atoms with Crippen molar-refractivity contribution in [3.63, 3.8) is 0 Å². The number of nitrogens with one attached hydrogen (secondary N) is 1. The molecule has 20 heavy (non-hydrogen) atoms. The van der Waals surface area contributed by atoms with E-state index in [2.05, 4.69) is 52.2 Å². The van der Waals surface area contributed by atoms with Crippen LogP contribution in [0, 0.1) is 13.8 Å². The zero-order valence-corrected chi connectivity index (χ0v) is 13.2. The monoisotopic (exact) mass is 331 g/mol. The van der Waals surface area contributed by atoms with Crippen molar-refractivity contribution in [3.8, 4) is 0 Å². The average molecular weight is 332 g/mol. The van der Waals surface area contributed by atoms with Crippen molar-refractivity contribution in [2.24, 2.45) is 10.7 Å². The number of benzene rings is 2. The Kier molecular flexibility index (Phi) is 4.79. The van der Waals surface area contributed by atoms with Gasteiger partial charge >= 0.3 is 0 Å². The standard InChI is InChI=1S/C16H18BrN3/c1-11-3-7-15(8-4-11)20-16(18)19-10-13-5-6-14(17)9-12(13)2/h3-9H,10H2,1-2H3,(H3,18,19,20). The van der Waals surface area contributed by atoms with Gasteiger partial charge in [0.1, 0.15) is 0 Å². The number of aliphatic imine (C=N–C) groups is 1. The molecule has 0 aliphatic heterocycles. The number of hydrogen-bond donors (Lipinski definition) is 2. The number of rotatable bonds is 3. The molecule has 4 heteroatoms. The highest BCUT2D eigenvalue weighted by atomic mass is 79.9. The van der Waals surface area contributed by atoms with E-state index in [0.29, 0.717) is 12.5 Å². The van der Waals surface area contributed by atoms with Crippen LogP contribution in [0.15, 0.2) is 51.9 Å². The maximum atomic E-state index is 5.90. The van der Waals surface area contributed by atoms with Crippen LogP contribution in [0.4, 0.5) is 5.69 Å². The van der Waals surface area contributed by atoms with E-state index in [9.17, 15) is 0 Å². The molecule has 0 aliphatic carbocycles. The van der Waals surface area contributed by atoms with Gasteiger partial charge in [-0.25, -0.2) is 4.99 Å². The number of aryl methyl sites for hydroxylation is 2. The molecule has 0 spiro atoms. The maximum Gasteiger partial charge on any atom is 0.193 e. The fourth-order valence-electron chi connectivity index (χ4n) is 1.83. The van der Waals surface area contributed by atoms with Crippen molar-refractivity contribution in [1.29, 1.82) is 0 Å². The lowest BCUT2D eigenvalue weighted by Gasteiger charge is -2.07. The van der Waals surface area contributed by atoms with Gasteiger partial charge in [-0.15, -0.1) is 0 Å². The highest BCUT2D eigenvalue weighted by molar-refractivity contribution is 9.10. The van der Waals surface area contributed by atoms with Crippen LogP contribution in [0.3, 0.4) is 0 Å². The molecule has 0 fully saturated rings. The molecule has 2 aromatic carbocycles. The molecule has 0 atom stereocenters. The predicted molar refractivity (Wildman–Crippen MR) is 89.0 cm³/mol. The molecule has 2 aromatic rings. The van der Waals surface area contributed by atoms with Crippen LogP contribution in [0.1, 0.15) is 16.7 Å². The molecule has 3 N–H and O–H groups in total. The summed E-state index contributed by atoms with van der Waals surface area (Å²) in [6.07, 6.45) is 0. The van der Waals surface area contributed by atoms with Gasteiger partial charge in [-0.1, -0.05) is 39.7 Å². The summed E-state index contributed by atoms with van der Waals surface area (Å²) in [6.45, 7) is 4.69. The molecule has 3 nitrogen and oxygen atoms in total. The Morgan fingerprint density at radius 2 is 1.85 bits per heavy atom. The van der Waals surface area contributed by atoms with Crippen LogP contribution >= 0.6 is 15.9 Å². The first-order chi connectivity index (χ1) is 9.54. The van der Waals surface area contributed by atoms with Crippen LogP contribution in [0.5, 0.6) is 0 Å². The van der Waals surface area contributed by atoms with E-state index in [1.807, 2.05) is 30.3 Å². The van der Waals surface area contributed by atoms with E-state index in [-0.39, 0.29) is 0 Å². The van der Waals surface area contributed by atoms with E-state index in [4.69, 9.17) is 5.73 Å². The molecule has 104 valence electrons. The number of nitrogens with zero attached hydrogens (tertiary/aromatic N) is 1. The van der Waals surface area contributed by atoms with Gasteiger partial charge in [-0.05, 0) is 49.2 Å². The lowest BCUT2D eigenvalue weighted by atomic mass is 10.1. The molecular weight excluding hydrogens is 314 g/mol. The third kappa shape index (κ3) is 4.10. The van der Waals surface area contributed by atoms with Crippen molar-refractivity contribution >= 4 is 27.6 Å². The van der Waals surface area contributed by atoms with E-state index < -0.39 is 0 Å². The topological polar surface area (TPSA) is 50.4 Å². The summed E-state index contributed by atoms with van der Waals surface area (Å²) in [5.41, 5.74) is 10.4. The van der Waals surface area contributed by atoms with Crippen LogP contribution in [0.2, 0.25) is 0 Å². The Morgan fingerprint density at radius 1 is 1.15 bits per heavy atom. The Balaban J connectivity index is 2.01. The minimum atomic E-state index is 0.427. The zero-order valence-electron chi connectivity index (χ0n) is 11.7. The fourth-order valence-corrected chi connectivity index (χ4v) is 2.31. The summed E-state index contributed by atoms with van der Waals surface area (Å²) >= 11 is 3.45. The van der Waals surface area contributed by atoms with Gasteiger partial charge in [0.15, 0.2) is 5.96 Å².